The van der Waals surface area contributed by atoms with Crippen LogP contribution >= 0.6 is 11.6 Å². The first-order valence-corrected chi connectivity index (χ1v) is 10.0. The molecule has 0 aliphatic carbocycles. The van der Waals surface area contributed by atoms with E-state index in [1.165, 1.54) is 18.2 Å². The summed E-state index contributed by atoms with van der Waals surface area (Å²) in [7, 11) is 1.46. The summed E-state index contributed by atoms with van der Waals surface area (Å²) >= 11 is 6.00. The maximum atomic E-state index is 12.2. The first kappa shape index (κ1) is 22.4. The Hall–Kier alpha value is -3.32. The van der Waals surface area contributed by atoms with E-state index < -0.39 is 24.4 Å². The number of nitrogens with one attached hydrogen (secondary N) is 1. The minimum atomic E-state index is -0.553. The number of esters is 1. The molecule has 8 heteroatoms. The van der Waals surface area contributed by atoms with Gasteiger partial charge < -0.3 is 19.4 Å². The fourth-order valence-corrected chi connectivity index (χ4v) is 3.17. The van der Waals surface area contributed by atoms with Crippen LogP contribution in [0.1, 0.15) is 16.7 Å². The topological polar surface area (TPSA) is 88.8 Å². The Labute approximate surface area is 184 Å². The Kier molecular flexibility index (Phi) is 6.97. The third kappa shape index (κ3) is 5.64. The van der Waals surface area contributed by atoms with Crippen molar-refractivity contribution in [3.8, 4) is 0 Å². The molecule has 7 nitrogen and oxygen atoms in total. The van der Waals surface area contributed by atoms with Gasteiger partial charge in [-0.3, -0.25) is 14.4 Å². The molecule has 0 radical (unpaired) electrons. The van der Waals surface area contributed by atoms with Crippen molar-refractivity contribution in [1.82, 2.24) is 4.90 Å². The lowest BCUT2D eigenvalue weighted by atomic mass is 10.0. The van der Waals surface area contributed by atoms with Crippen LogP contribution in [-0.4, -0.2) is 42.9 Å². The average molecular weight is 443 g/mol. The number of nitrogens with zero attached hydrogens (tertiary/aromatic N) is 1. The molecule has 0 bridgehead atoms. The number of likely N-dealkylation sites (N-methyl/N-ethyl adjacent to an activating group) is 1. The molecule has 3 aromatic rings. The predicted molar refractivity (Wildman–Crippen MR) is 118 cm³/mol. The smallest absolute Gasteiger partial charge is 0.310 e. The number of anilines is 1. The van der Waals surface area contributed by atoms with Gasteiger partial charge in [0.1, 0.15) is 5.58 Å². The van der Waals surface area contributed by atoms with E-state index in [0.717, 1.165) is 16.5 Å². The second kappa shape index (κ2) is 9.66. The highest BCUT2D eigenvalue weighted by Gasteiger charge is 2.17. The number of fused-ring (bicyclic) bond motifs is 1. The molecular formula is C23H23ClN2O5. The van der Waals surface area contributed by atoms with E-state index in [1.807, 2.05) is 26.0 Å². The zero-order valence-corrected chi connectivity index (χ0v) is 18.3. The summed E-state index contributed by atoms with van der Waals surface area (Å²) in [5.41, 5.74) is 4.05. The minimum absolute atomic E-state index is 0.0144. The Morgan fingerprint density at radius 1 is 1.13 bits per heavy atom. The van der Waals surface area contributed by atoms with E-state index in [4.69, 9.17) is 20.8 Å². The van der Waals surface area contributed by atoms with E-state index in [1.54, 1.807) is 24.3 Å². The van der Waals surface area contributed by atoms with Crippen LogP contribution in [0.5, 0.6) is 0 Å². The summed E-state index contributed by atoms with van der Waals surface area (Å²) in [5.74, 6) is -1.46. The number of ether oxygens (including phenoxy) is 1. The zero-order chi connectivity index (χ0) is 22.5. The maximum Gasteiger partial charge on any atom is 0.310 e. The molecule has 2 aromatic carbocycles. The largest absolute Gasteiger partial charge is 0.464 e. The molecule has 0 spiro atoms. The zero-order valence-electron chi connectivity index (χ0n) is 17.5. The van der Waals surface area contributed by atoms with Crippen LogP contribution < -0.4 is 5.32 Å². The number of rotatable bonds is 7. The van der Waals surface area contributed by atoms with Gasteiger partial charge in [0, 0.05) is 18.0 Å². The number of amides is 2. The van der Waals surface area contributed by atoms with Crippen LogP contribution in [0.3, 0.4) is 0 Å². The summed E-state index contributed by atoms with van der Waals surface area (Å²) in [6.45, 7) is 3.32. The van der Waals surface area contributed by atoms with E-state index in [-0.39, 0.29) is 13.0 Å². The normalized spacial score (nSPS) is 10.7. The molecule has 1 N–H and O–H groups in total. The number of carbonyl (C=O) groups excluding carboxylic acids is 3. The van der Waals surface area contributed by atoms with Gasteiger partial charge in [0.15, 0.2) is 6.61 Å². The van der Waals surface area contributed by atoms with Crippen molar-refractivity contribution in [2.45, 2.75) is 20.3 Å². The Morgan fingerprint density at radius 2 is 1.84 bits per heavy atom. The minimum Gasteiger partial charge on any atom is -0.464 e. The predicted octanol–water partition coefficient (Wildman–Crippen LogP) is 3.89. The molecule has 3 rings (SSSR count). The highest BCUT2D eigenvalue weighted by Crippen LogP contribution is 2.25. The van der Waals surface area contributed by atoms with Gasteiger partial charge >= 0.3 is 5.97 Å². The fourth-order valence-electron chi connectivity index (χ4n) is 2.99. The standard InChI is InChI=1S/C23H23ClN2O5/c1-14-8-17-16(12-30-20(17)9-15(14)2)10-23(29)31-13-22(28)26(3)11-21(27)25-19-7-5-4-6-18(19)24/h4-9,12H,10-11,13H2,1-3H3,(H,25,27). The van der Waals surface area contributed by atoms with Crippen molar-refractivity contribution in [3.63, 3.8) is 0 Å². The van der Waals surface area contributed by atoms with Crippen LogP contribution in [0.4, 0.5) is 5.69 Å². The number of para-hydroxylation sites is 1. The van der Waals surface area contributed by atoms with Gasteiger partial charge in [0.2, 0.25) is 5.91 Å². The number of furan rings is 1. The summed E-state index contributed by atoms with van der Waals surface area (Å²) in [6.07, 6.45) is 1.51. The Morgan fingerprint density at radius 3 is 2.58 bits per heavy atom. The lowest BCUT2D eigenvalue weighted by Crippen LogP contribution is -2.37. The van der Waals surface area contributed by atoms with E-state index >= 15 is 0 Å². The van der Waals surface area contributed by atoms with Gasteiger partial charge in [-0.2, -0.15) is 0 Å². The summed E-state index contributed by atoms with van der Waals surface area (Å²) in [5, 5.41) is 3.88. The van der Waals surface area contributed by atoms with Crippen molar-refractivity contribution in [2.24, 2.45) is 0 Å². The van der Waals surface area contributed by atoms with Crippen LogP contribution in [0, 0.1) is 13.8 Å². The molecule has 0 saturated carbocycles. The number of aryl methyl sites for hydroxylation is 2. The first-order chi connectivity index (χ1) is 14.7. The number of hydrogen-bond donors (Lipinski definition) is 1. The van der Waals surface area contributed by atoms with Gasteiger partial charge in [-0.1, -0.05) is 23.7 Å². The lowest BCUT2D eigenvalue weighted by molar-refractivity contribution is -0.151. The van der Waals surface area contributed by atoms with Crippen molar-refractivity contribution in [2.75, 3.05) is 25.5 Å². The van der Waals surface area contributed by atoms with Crippen LogP contribution in [0.15, 0.2) is 47.1 Å². The van der Waals surface area contributed by atoms with Crippen molar-refractivity contribution in [3.05, 3.63) is 64.4 Å². The summed E-state index contributed by atoms with van der Waals surface area (Å²) in [4.78, 5) is 37.7. The summed E-state index contributed by atoms with van der Waals surface area (Å²) in [6, 6.07) is 10.7. The Bertz CT molecular complexity index is 1140. The number of halogens is 1. The highest BCUT2D eigenvalue weighted by atomic mass is 35.5. The number of hydrogen-bond acceptors (Lipinski definition) is 5. The van der Waals surface area contributed by atoms with Gasteiger partial charge in [0.05, 0.1) is 29.9 Å². The molecule has 0 saturated heterocycles. The molecule has 0 atom stereocenters. The highest BCUT2D eigenvalue weighted by molar-refractivity contribution is 6.33. The molecule has 31 heavy (non-hydrogen) atoms. The van der Waals surface area contributed by atoms with Gasteiger partial charge in [0.25, 0.3) is 5.91 Å². The van der Waals surface area contributed by atoms with Gasteiger partial charge in [-0.15, -0.1) is 0 Å². The molecule has 2 amide bonds. The number of benzene rings is 2. The lowest BCUT2D eigenvalue weighted by Gasteiger charge is -2.17. The van der Waals surface area contributed by atoms with Crippen molar-refractivity contribution >= 4 is 46.0 Å². The molecular weight excluding hydrogens is 420 g/mol. The number of carbonyl (C=O) groups is 3. The van der Waals surface area contributed by atoms with Crippen LogP contribution in [0.25, 0.3) is 11.0 Å². The molecule has 1 aromatic heterocycles. The first-order valence-electron chi connectivity index (χ1n) is 9.66. The second-order valence-electron chi connectivity index (χ2n) is 7.31. The van der Waals surface area contributed by atoms with Gasteiger partial charge in [-0.25, -0.2) is 0 Å². The van der Waals surface area contributed by atoms with Crippen LogP contribution in [-0.2, 0) is 25.5 Å². The molecule has 162 valence electrons. The second-order valence-corrected chi connectivity index (χ2v) is 7.72. The van der Waals surface area contributed by atoms with E-state index in [2.05, 4.69) is 5.32 Å². The van der Waals surface area contributed by atoms with Crippen molar-refractivity contribution in [1.29, 1.82) is 0 Å². The van der Waals surface area contributed by atoms with E-state index in [0.29, 0.717) is 21.9 Å². The van der Waals surface area contributed by atoms with Gasteiger partial charge in [-0.05, 0) is 49.2 Å². The maximum absolute atomic E-state index is 12.2. The molecule has 0 aliphatic rings. The molecule has 0 unspecified atom stereocenters. The third-order valence-corrected chi connectivity index (χ3v) is 5.25. The average Bonchev–Trinajstić information content (AvgIpc) is 3.09. The SMILES string of the molecule is Cc1cc2occ(CC(=O)OCC(=O)N(C)CC(=O)Nc3ccccc3Cl)c2cc1C. The van der Waals surface area contributed by atoms with Crippen LogP contribution in [0.2, 0.25) is 5.02 Å². The molecule has 1 heterocycles. The quantitative estimate of drug-likeness (QED) is 0.561. The molecule has 0 aliphatic heterocycles. The van der Waals surface area contributed by atoms with Crippen molar-refractivity contribution < 1.29 is 23.5 Å². The molecule has 0 fully saturated rings. The van der Waals surface area contributed by atoms with E-state index in [9.17, 15) is 14.4 Å². The summed E-state index contributed by atoms with van der Waals surface area (Å²) < 4.78 is 10.6. The third-order valence-electron chi connectivity index (χ3n) is 4.92. The monoisotopic (exact) mass is 442 g/mol. The fraction of sp³-hybridized carbons (Fsp3) is 0.261. The Balaban J connectivity index is 1.49.